The molecule has 3 atom stereocenters. The fourth-order valence-corrected chi connectivity index (χ4v) is 2.63. The Morgan fingerprint density at radius 1 is 1.38 bits per heavy atom. The topological polar surface area (TPSA) is 75.6 Å². The predicted molar refractivity (Wildman–Crippen MR) is 77.7 cm³/mol. The van der Waals surface area contributed by atoms with Gasteiger partial charge in [0.05, 0.1) is 18.1 Å². The van der Waals surface area contributed by atoms with E-state index in [4.69, 9.17) is 9.84 Å². The van der Waals surface area contributed by atoms with Crippen LogP contribution in [0.4, 0.5) is 0 Å². The largest absolute Gasteiger partial charge is 0.481 e. The highest BCUT2D eigenvalue weighted by Crippen LogP contribution is 2.24. The lowest BCUT2D eigenvalue weighted by Gasteiger charge is -2.22. The van der Waals surface area contributed by atoms with Crippen molar-refractivity contribution in [2.45, 2.75) is 38.3 Å². The first kappa shape index (κ1) is 15.5. The number of carbonyl (C=O) groups is 2. The van der Waals surface area contributed by atoms with Crippen LogP contribution in [0.15, 0.2) is 30.3 Å². The first-order valence-corrected chi connectivity index (χ1v) is 7.26. The Labute approximate surface area is 124 Å². The molecule has 0 spiro atoms. The van der Waals surface area contributed by atoms with E-state index in [-0.39, 0.29) is 30.4 Å². The van der Waals surface area contributed by atoms with Gasteiger partial charge in [-0.15, -0.1) is 0 Å². The Kier molecular flexibility index (Phi) is 5.33. The van der Waals surface area contributed by atoms with Crippen molar-refractivity contribution in [2.75, 3.05) is 6.61 Å². The quantitative estimate of drug-likeness (QED) is 0.842. The molecule has 1 heterocycles. The van der Waals surface area contributed by atoms with Crippen molar-refractivity contribution in [3.63, 3.8) is 0 Å². The van der Waals surface area contributed by atoms with E-state index < -0.39 is 5.97 Å². The lowest BCUT2D eigenvalue weighted by Crippen LogP contribution is -2.37. The highest BCUT2D eigenvalue weighted by atomic mass is 16.5. The maximum atomic E-state index is 12.3. The predicted octanol–water partition coefficient (Wildman–Crippen LogP) is 2.13. The number of hydrogen-bond donors (Lipinski definition) is 2. The van der Waals surface area contributed by atoms with Gasteiger partial charge in [0.15, 0.2) is 0 Å². The number of benzene rings is 1. The third-order valence-corrected chi connectivity index (χ3v) is 3.88. The first-order valence-electron chi connectivity index (χ1n) is 7.26. The van der Waals surface area contributed by atoms with Crippen molar-refractivity contribution in [2.24, 2.45) is 5.92 Å². The molecule has 5 nitrogen and oxygen atoms in total. The van der Waals surface area contributed by atoms with Crippen LogP contribution in [-0.4, -0.2) is 29.7 Å². The van der Waals surface area contributed by atoms with Crippen molar-refractivity contribution in [3.8, 4) is 0 Å². The monoisotopic (exact) mass is 291 g/mol. The Morgan fingerprint density at radius 2 is 2.10 bits per heavy atom. The Morgan fingerprint density at radius 3 is 2.67 bits per heavy atom. The van der Waals surface area contributed by atoms with Crippen LogP contribution in [0.1, 0.15) is 37.8 Å². The van der Waals surface area contributed by atoms with E-state index in [9.17, 15) is 9.59 Å². The van der Waals surface area contributed by atoms with Gasteiger partial charge in [0, 0.05) is 13.0 Å². The molecule has 5 heteroatoms. The number of hydrogen-bond acceptors (Lipinski definition) is 3. The van der Waals surface area contributed by atoms with Gasteiger partial charge in [0.1, 0.15) is 0 Å². The van der Waals surface area contributed by atoms with Crippen LogP contribution < -0.4 is 5.32 Å². The number of rotatable bonds is 6. The van der Waals surface area contributed by atoms with Gasteiger partial charge in [-0.3, -0.25) is 9.59 Å². The molecule has 2 rings (SSSR count). The summed E-state index contributed by atoms with van der Waals surface area (Å²) < 4.78 is 5.42. The zero-order valence-electron chi connectivity index (χ0n) is 12.1. The molecule has 1 saturated heterocycles. The molecule has 114 valence electrons. The summed E-state index contributed by atoms with van der Waals surface area (Å²) in [5.41, 5.74) is 0.929. The molecule has 21 heavy (non-hydrogen) atoms. The first-order chi connectivity index (χ1) is 10.1. The van der Waals surface area contributed by atoms with Gasteiger partial charge in [-0.25, -0.2) is 0 Å². The highest BCUT2D eigenvalue weighted by molar-refractivity contribution is 5.80. The summed E-state index contributed by atoms with van der Waals surface area (Å²) in [4.78, 5) is 23.1. The summed E-state index contributed by atoms with van der Waals surface area (Å²) in [6.45, 7) is 2.50. The summed E-state index contributed by atoms with van der Waals surface area (Å²) in [7, 11) is 0. The van der Waals surface area contributed by atoms with Crippen molar-refractivity contribution >= 4 is 11.9 Å². The third-order valence-electron chi connectivity index (χ3n) is 3.88. The van der Waals surface area contributed by atoms with E-state index in [0.717, 1.165) is 5.56 Å². The van der Waals surface area contributed by atoms with Crippen LogP contribution in [0.25, 0.3) is 0 Å². The molecule has 0 aromatic heterocycles. The van der Waals surface area contributed by atoms with Crippen LogP contribution in [0.5, 0.6) is 0 Å². The number of carboxylic acid groups (broad SMARTS) is 1. The minimum absolute atomic E-state index is 0.0244. The zero-order chi connectivity index (χ0) is 15.2. The van der Waals surface area contributed by atoms with Gasteiger partial charge in [-0.1, -0.05) is 30.3 Å². The van der Waals surface area contributed by atoms with E-state index in [1.165, 1.54) is 0 Å². The molecule has 1 aromatic carbocycles. The molecule has 0 saturated carbocycles. The van der Waals surface area contributed by atoms with Crippen LogP contribution in [0.3, 0.4) is 0 Å². The van der Waals surface area contributed by atoms with Crippen molar-refractivity contribution in [1.29, 1.82) is 0 Å². The number of carbonyl (C=O) groups excluding carboxylic acids is 1. The second kappa shape index (κ2) is 7.22. The van der Waals surface area contributed by atoms with Crippen molar-refractivity contribution < 1.29 is 19.4 Å². The summed E-state index contributed by atoms with van der Waals surface area (Å²) in [6.07, 6.45) is 1.04. The third kappa shape index (κ3) is 4.29. The fraction of sp³-hybridized carbons (Fsp3) is 0.500. The average Bonchev–Trinajstić information content (AvgIpc) is 2.90. The van der Waals surface area contributed by atoms with Gasteiger partial charge >= 0.3 is 5.97 Å². The Hall–Kier alpha value is -1.88. The Bertz CT molecular complexity index is 488. The van der Waals surface area contributed by atoms with Crippen LogP contribution in [-0.2, 0) is 14.3 Å². The number of amides is 1. The van der Waals surface area contributed by atoms with Gasteiger partial charge in [-0.2, -0.15) is 0 Å². The van der Waals surface area contributed by atoms with Crippen LogP contribution in [0, 0.1) is 5.92 Å². The standard InChI is InChI=1S/C16H21NO4/c1-11-13(9-10-21-11)16(20)17-14(7-8-15(18)19)12-5-3-2-4-6-12/h2-6,11,13-14H,7-10H2,1H3,(H,17,20)(H,18,19). The molecule has 1 fully saturated rings. The van der Waals surface area contributed by atoms with Gasteiger partial charge in [0.25, 0.3) is 0 Å². The molecule has 0 bridgehead atoms. The molecular weight excluding hydrogens is 270 g/mol. The van der Waals surface area contributed by atoms with Gasteiger partial charge in [0.2, 0.25) is 5.91 Å². The summed E-state index contributed by atoms with van der Waals surface area (Å²) in [6, 6.07) is 9.20. The minimum atomic E-state index is -0.859. The maximum absolute atomic E-state index is 12.3. The van der Waals surface area contributed by atoms with Crippen LogP contribution in [0.2, 0.25) is 0 Å². The molecule has 1 aliphatic heterocycles. The van der Waals surface area contributed by atoms with E-state index in [0.29, 0.717) is 19.4 Å². The molecule has 3 unspecified atom stereocenters. The molecule has 2 N–H and O–H groups in total. The lowest BCUT2D eigenvalue weighted by atomic mass is 9.98. The number of aliphatic carboxylic acids is 1. The summed E-state index contributed by atoms with van der Waals surface area (Å²) >= 11 is 0. The van der Waals surface area contributed by atoms with Crippen molar-refractivity contribution in [3.05, 3.63) is 35.9 Å². The SMILES string of the molecule is CC1OCCC1C(=O)NC(CCC(=O)O)c1ccccc1. The number of ether oxygens (including phenoxy) is 1. The second-order valence-electron chi connectivity index (χ2n) is 5.38. The zero-order valence-corrected chi connectivity index (χ0v) is 12.1. The van der Waals surface area contributed by atoms with Crippen LogP contribution >= 0.6 is 0 Å². The van der Waals surface area contributed by atoms with Gasteiger partial charge in [-0.05, 0) is 25.3 Å². The Balaban J connectivity index is 2.04. The molecular formula is C16H21NO4. The van der Waals surface area contributed by atoms with E-state index in [1.54, 1.807) is 0 Å². The number of nitrogens with one attached hydrogen (secondary N) is 1. The van der Waals surface area contributed by atoms with Gasteiger partial charge < -0.3 is 15.2 Å². The molecule has 1 amide bonds. The summed E-state index contributed by atoms with van der Waals surface area (Å²) in [5.74, 6) is -1.07. The normalized spacial score (nSPS) is 22.7. The molecule has 1 aliphatic rings. The molecule has 0 radical (unpaired) electrons. The van der Waals surface area contributed by atoms with Crippen molar-refractivity contribution in [1.82, 2.24) is 5.32 Å². The van der Waals surface area contributed by atoms with E-state index in [1.807, 2.05) is 37.3 Å². The minimum Gasteiger partial charge on any atom is -0.481 e. The molecule has 0 aliphatic carbocycles. The fourth-order valence-electron chi connectivity index (χ4n) is 2.63. The summed E-state index contributed by atoms with van der Waals surface area (Å²) in [5, 5.41) is 11.8. The number of carboxylic acids is 1. The average molecular weight is 291 g/mol. The highest BCUT2D eigenvalue weighted by Gasteiger charge is 2.32. The van der Waals surface area contributed by atoms with E-state index >= 15 is 0 Å². The molecule has 1 aromatic rings. The maximum Gasteiger partial charge on any atom is 0.303 e. The second-order valence-corrected chi connectivity index (χ2v) is 5.38. The smallest absolute Gasteiger partial charge is 0.303 e. The van der Waals surface area contributed by atoms with E-state index in [2.05, 4.69) is 5.32 Å². The lowest BCUT2D eigenvalue weighted by molar-refractivity contribution is -0.137.